The average molecular weight is 235 g/mol. The minimum atomic E-state index is 0.0897. The van der Waals surface area contributed by atoms with Crippen LogP contribution in [0, 0.1) is 10.5 Å². The Hall–Kier alpha value is -0.320. The first kappa shape index (κ1) is 6.80. The van der Waals surface area contributed by atoms with Crippen molar-refractivity contribution in [3.8, 4) is 0 Å². The topological polar surface area (TPSA) is 32.9 Å². The Kier molecular flexibility index (Phi) is 1.90. The third kappa shape index (κ3) is 1.54. The SMILES string of the molecule is Cc1cc(=O)c(I)c[nH]1. The van der Waals surface area contributed by atoms with Gasteiger partial charge in [0.15, 0.2) is 5.43 Å². The molecule has 0 radical (unpaired) electrons. The van der Waals surface area contributed by atoms with Gasteiger partial charge in [0.2, 0.25) is 0 Å². The minimum absolute atomic E-state index is 0.0897. The minimum Gasteiger partial charge on any atom is -0.364 e. The normalized spacial score (nSPS) is 9.56. The lowest BCUT2D eigenvalue weighted by Gasteiger charge is -1.89. The predicted molar refractivity (Wildman–Crippen MR) is 44.5 cm³/mol. The van der Waals surface area contributed by atoms with E-state index in [0.717, 1.165) is 9.26 Å². The molecule has 3 heteroatoms. The van der Waals surface area contributed by atoms with Crippen LogP contribution < -0.4 is 5.43 Å². The van der Waals surface area contributed by atoms with Gasteiger partial charge in [-0.15, -0.1) is 0 Å². The van der Waals surface area contributed by atoms with Crippen LogP contribution in [0.5, 0.6) is 0 Å². The zero-order valence-corrected chi connectivity index (χ0v) is 7.10. The van der Waals surface area contributed by atoms with Crippen molar-refractivity contribution >= 4 is 22.6 Å². The Bertz CT molecular complexity index is 266. The van der Waals surface area contributed by atoms with Crippen molar-refractivity contribution in [2.24, 2.45) is 0 Å². The highest BCUT2D eigenvalue weighted by molar-refractivity contribution is 14.1. The summed E-state index contributed by atoms with van der Waals surface area (Å²) in [4.78, 5) is 13.7. The number of aromatic nitrogens is 1. The molecule has 48 valence electrons. The number of pyridine rings is 1. The summed E-state index contributed by atoms with van der Waals surface area (Å²) >= 11 is 2.00. The van der Waals surface area contributed by atoms with Gasteiger partial charge in [0.1, 0.15) is 0 Å². The molecule has 0 bridgehead atoms. The molecule has 0 aliphatic rings. The lowest BCUT2D eigenvalue weighted by molar-refractivity contribution is 1.17. The molecular weight excluding hydrogens is 229 g/mol. The van der Waals surface area contributed by atoms with Crippen molar-refractivity contribution in [1.29, 1.82) is 0 Å². The molecule has 0 saturated carbocycles. The average Bonchev–Trinajstić information content (AvgIpc) is 1.80. The monoisotopic (exact) mass is 235 g/mol. The standard InChI is InChI=1S/C6H6INO/c1-4-2-6(9)5(7)3-8-4/h2-3H,1H3,(H,8,9). The summed E-state index contributed by atoms with van der Waals surface area (Å²) in [5.74, 6) is 0. The molecule has 0 aliphatic carbocycles. The largest absolute Gasteiger partial charge is 0.364 e. The zero-order valence-electron chi connectivity index (χ0n) is 4.94. The van der Waals surface area contributed by atoms with Gasteiger partial charge in [-0.05, 0) is 29.5 Å². The van der Waals surface area contributed by atoms with Crippen molar-refractivity contribution in [2.75, 3.05) is 0 Å². The van der Waals surface area contributed by atoms with E-state index in [1.807, 2.05) is 29.5 Å². The number of aryl methyl sites for hydroxylation is 1. The maximum Gasteiger partial charge on any atom is 0.195 e. The van der Waals surface area contributed by atoms with Gasteiger partial charge in [0.25, 0.3) is 0 Å². The van der Waals surface area contributed by atoms with E-state index >= 15 is 0 Å². The Balaban J connectivity index is 3.34. The number of hydrogen-bond donors (Lipinski definition) is 1. The van der Waals surface area contributed by atoms with Crippen LogP contribution in [0.25, 0.3) is 0 Å². The molecule has 0 spiro atoms. The molecular formula is C6H6INO. The lowest BCUT2D eigenvalue weighted by atomic mass is 10.4. The lowest BCUT2D eigenvalue weighted by Crippen LogP contribution is -2.04. The molecule has 0 amide bonds. The second-order valence-electron chi connectivity index (χ2n) is 1.83. The molecule has 0 unspecified atom stereocenters. The molecule has 1 rings (SSSR count). The van der Waals surface area contributed by atoms with Crippen molar-refractivity contribution < 1.29 is 0 Å². The Morgan fingerprint density at radius 2 is 2.33 bits per heavy atom. The molecule has 0 aromatic carbocycles. The smallest absolute Gasteiger partial charge is 0.195 e. The predicted octanol–water partition coefficient (Wildman–Crippen LogP) is 1.29. The van der Waals surface area contributed by atoms with Crippen LogP contribution in [0.15, 0.2) is 17.1 Å². The first-order valence-electron chi connectivity index (χ1n) is 2.55. The fourth-order valence-electron chi connectivity index (χ4n) is 0.556. The summed E-state index contributed by atoms with van der Waals surface area (Å²) in [7, 11) is 0. The highest BCUT2D eigenvalue weighted by Gasteiger charge is 1.91. The second kappa shape index (κ2) is 2.51. The Morgan fingerprint density at radius 3 is 2.78 bits per heavy atom. The first-order valence-corrected chi connectivity index (χ1v) is 3.63. The summed E-state index contributed by atoms with van der Waals surface area (Å²) in [5, 5.41) is 0. The fraction of sp³-hybridized carbons (Fsp3) is 0.167. The Labute approximate surface area is 66.4 Å². The quantitative estimate of drug-likeness (QED) is 0.675. The molecule has 0 atom stereocenters. The van der Waals surface area contributed by atoms with Crippen LogP contribution >= 0.6 is 22.6 Å². The highest BCUT2D eigenvalue weighted by atomic mass is 127. The van der Waals surface area contributed by atoms with E-state index in [1.54, 1.807) is 12.3 Å². The van der Waals surface area contributed by atoms with Crippen LogP contribution in [0.1, 0.15) is 5.69 Å². The van der Waals surface area contributed by atoms with Crippen molar-refractivity contribution in [2.45, 2.75) is 6.92 Å². The van der Waals surface area contributed by atoms with E-state index in [2.05, 4.69) is 4.98 Å². The number of H-pyrrole nitrogens is 1. The molecule has 0 fully saturated rings. The summed E-state index contributed by atoms with van der Waals surface area (Å²) in [5.41, 5.74) is 0.993. The van der Waals surface area contributed by atoms with E-state index in [0.29, 0.717) is 0 Å². The molecule has 1 aromatic heterocycles. The summed E-state index contributed by atoms with van der Waals surface area (Å²) in [6.07, 6.45) is 1.71. The van der Waals surface area contributed by atoms with Gasteiger partial charge in [-0.3, -0.25) is 4.79 Å². The summed E-state index contributed by atoms with van der Waals surface area (Å²) < 4.78 is 0.734. The highest BCUT2D eigenvalue weighted by Crippen LogP contribution is 1.94. The number of aromatic amines is 1. The van der Waals surface area contributed by atoms with Crippen LogP contribution in [0.4, 0.5) is 0 Å². The molecule has 1 aromatic rings. The van der Waals surface area contributed by atoms with Gasteiger partial charge in [-0.2, -0.15) is 0 Å². The maximum atomic E-state index is 10.8. The Morgan fingerprint density at radius 1 is 1.67 bits per heavy atom. The number of nitrogens with one attached hydrogen (secondary N) is 1. The molecule has 0 aliphatic heterocycles. The van der Waals surface area contributed by atoms with Crippen LogP contribution in [-0.2, 0) is 0 Å². The number of hydrogen-bond acceptors (Lipinski definition) is 1. The third-order valence-electron chi connectivity index (χ3n) is 1.01. The van der Waals surface area contributed by atoms with E-state index in [-0.39, 0.29) is 5.43 Å². The van der Waals surface area contributed by atoms with E-state index in [1.165, 1.54) is 0 Å². The molecule has 2 nitrogen and oxygen atoms in total. The van der Waals surface area contributed by atoms with Crippen LogP contribution in [-0.4, -0.2) is 4.98 Å². The fourth-order valence-corrected chi connectivity index (χ4v) is 0.867. The van der Waals surface area contributed by atoms with Gasteiger partial charge in [-0.1, -0.05) is 0 Å². The van der Waals surface area contributed by atoms with Crippen molar-refractivity contribution in [1.82, 2.24) is 4.98 Å². The number of halogens is 1. The summed E-state index contributed by atoms with van der Waals surface area (Å²) in [6, 6.07) is 1.59. The van der Waals surface area contributed by atoms with Gasteiger partial charge in [0.05, 0.1) is 3.57 Å². The molecule has 0 saturated heterocycles. The van der Waals surface area contributed by atoms with Gasteiger partial charge in [-0.25, -0.2) is 0 Å². The molecule has 9 heavy (non-hydrogen) atoms. The molecule has 1 N–H and O–H groups in total. The van der Waals surface area contributed by atoms with Crippen LogP contribution in [0.3, 0.4) is 0 Å². The first-order chi connectivity index (χ1) is 4.20. The van der Waals surface area contributed by atoms with Crippen molar-refractivity contribution in [3.63, 3.8) is 0 Å². The number of rotatable bonds is 0. The van der Waals surface area contributed by atoms with E-state index < -0.39 is 0 Å². The van der Waals surface area contributed by atoms with Gasteiger partial charge in [0, 0.05) is 18.0 Å². The van der Waals surface area contributed by atoms with E-state index in [9.17, 15) is 4.79 Å². The second-order valence-corrected chi connectivity index (χ2v) is 2.99. The van der Waals surface area contributed by atoms with Gasteiger partial charge >= 0.3 is 0 Å². The zero-order chi connectivity index (χ0) is 6.85. The third-order valence-corrected chi connectivity index (χ3v) is 1.85. The van der Waals surface area contributed by atoms with E-state index in [4.69, 9.17) is 0 Å². The maximum absolute atomic E-state index is 10.8. The molecule has 1 heterocycles. The van der Waals surface area contributed by atoms with Gasteiger partial charge < -0.3 is 4.98 Å². The summed E-state index contributed by atoms with van der Waals surface area (Å²) in [6.45, 7) is 1.86. The van der Waals surface area contributed by atoms with Crippen LogP contribution in [0.2, 0.25) is 0 Å². The van der Waals surface area contributed by atoms with Crippen molar-refractivity contribution in [3.05, 3.63) is 31.8 Å².